The second-order valence-electron chi connectivity index (χ2n) is 7.17. The van der Waals surface area contributed by atoms with Crippen molar-refractivity contribution >= 4 is 5.69 Å². The average Bonchev–Trinajstić information content (AvgIpc) is 2.66. The van der Waals surface area contributed by atoms with Crippen molar-refractivity contribution in [2.45, 2.75) is 44.7 Å². The summed E-state index contributed by atoms with van der Waals surface area (Å²) in [6.45, 7) is 0.776. The van der Waals surface area contributed by atoms with Crippen LogP contribution in [0.5, 0.6) is 0 Å². The Bertz CT molecular complexity index is 662. The standard InChI is InChI=1S/C21H25F3N2/c22-21(23,24)19-6-8-20(9-7-19)26-15-18(17-4-2-1-3-5-17)14-16-10-12-25-13-11-16/h6-13,17-18,26H,1-5,14-15H2/t18-/m1/s1. The maximum atomic E-state index is 12.7. The minimum absolute atomic E-state index is 0.472. The monoisotopic (exact) mass is 362 g/mol. The Kier molecular flexibility index (Phi) is 6.17. The molecule has 140 valence electrons. The van der Waals surface area contributed by atoms with Gasteiger partial charge in [0.1, 0.15) is 0 Å². The number of hydrogen-bond donors (Lipinski definition) is 1. The maximum Gasteiger partial charge on any atom is 0.416 e. The molecule has 0 spiro atoms. The van der Waals surface area contributed by atoms with Gasteiger partial charge in [0.2, 0.25) is 0 Å². The number of nitrogens with one attached hydrogen (secondary N) is 1. The Hall–Kier alpha value is -2.04. The molecule has 1 aromatic carbocycles. The molecule has 26 heavy (non-hydrogen) atoms. The highest BCUT2D eigenvalue weighted by Crippen LogP contribution is 2.33. The van der Waals surface area contributed by atoms with Crippen molar-refractivity contribution in [1.29, 1.82) is 0 Å². The van der Waals surface area contributed by atoms with E-state index in [0.29, 0.717) is 11.8 Å². The summed E-state index contributed by atoms with van der Waals surface area (Å²) in [5, 5.41) is 3.36. The molecule has 0 saturated heterocycles. The molecule has 3 rings (SSSR count). The molecule has 2 aromatic rings. The summed E-state index contributed by atoms with van der Waals surface area (Å²) in [5.41, 5.74) is 1.40. The van der Waals surface area contributed by atoms with Crippen LogP contribution in [0.4, 0.5) is 18.9 Å². The van der Waals surface area contributed by atoms with E-state index in [9.17, 15) is 13.2 Å². The molecular formula is C21H25F3N2. The topological polar surface area (TPSA) is 24.9 Å². The fourth-order valence-electron chi connectivity index (χ4n) is 3.86. The van der Waals surface area contributed by atoms with Crippen LogP contribution in [0.1, 0.15) is 43.2 Å². The van der Waals surface area contributed by atoms with E-state index in [1.54, 1.807) is 0 Å². The van der Waals surface area contributed by atoms with Crippen molar-refractivity contribution in [3.05, 3.63) is 59.9 Å². The zero-order valence-electron chi connectivity index (χ0n) is 14.8. The molecule has 1 fully saturated rings. The first-order valence-corrected chi connectivity index (χ1v) is 9.32. The van der Waals surface area contributed by atoms with Crippen molar-refractivity contribution in [3.8, 4) is 0 Å². The van der Waals surface area contributed by atoms with E-state index < -0.39 is 11.7 Å². The summed E-state index contributed by atoms with van der Waals surface area (Å²) in [7, 11) is 0. The van der Waals surface area contributed by atoms with Crippen LogP contribution in [0.2, 0.25) is 0 Å². The molecular weight excluding hydrogens is 337 g/mol. The normalized spacial score (nSPS) is 17.0. The van der Waals surface area contributed by atoms with Gasteiger partial charge < -0.3 is 5.32 Å². The van der Waals surface area contributed by atoms with Crippen LogP contribution in [0, 0.1) is 11.8 Å². The zero-order valence-corrected chi connectivity index (χ0v) is 14.8. The predicted octanol–water partition coefficient (Wildman–Crippen LogP) is 5.95. The molecule has 5 heteroatoms. The molecule has 1 aromatic heterocycles. The second kappa shape index (κ2) is 8.56. The quantitative estimate of drug-likeness (QED) is 0.687. The zero-order chi connectivity index (χ0) is 18.4. The number of benzene rings is 1. The molecule has 1 saturated carbocycles. The summed E-state index contributed by atoms with van der Waals surface area (Å²) < 4.78 is 38.1. The van der Waals surface area contributed by atoms with E-state index in [4.69, 9.17) is 0 Å². The molecule has 0 bridgehead atoms. The van der Waals surface area contributed by atoms with Gasteiger partial charge in [-0.15, -0.1) is 0 Å². The van der Waals surface area contributed by atoms with Gasteiger partial charge in [-0.2, -0.15) is 13.2 Å². The summed E-state index contributed by atoms with van der Waals surface area (Å²) in [5.74, 6) is 1.14. The highest BCUT2D eigenvalue weighted by atomic mass is 19.4. The van der Waals surface area contributed by atoms with Crippen LogP contribution in [0.15, 0.2) is 48.8 Å². The third-order valence-electron chi connectivity index (χ3n) is 5.34. The van der Waals surface area contributed by atoms with Gasteiger partial charge in [0.15, 0.2) is 0 Å². The lowest BCUT2D eigenvalue weighted by Crippen LogP contribution is -2.27. The van der Waals surface area contributed by atoms with Crippen LogP contribution < -0.4 is 5.32 Å². The molecule has 1 aliphatic rings. The number of hydrogen-bond acceptors (Lipinski definition) is 2. The van der Waals surface area contributed by atoms with Gasteiger partial charge in [0, 0.05) is 24.6 Å². The highest BCUT2D eigenvalue weighted by Gasteiger charge is 2.30. The lowest BCUT2D eigenvalue weighted by Gasteiger charge is -2.31. The van der Waals surface area contributed by atoms with E-state index in [-0.39, 0.29) is 0 Å². The molecule has 1 heterocycles. The molecule has 0 amide bonds. The first-order valence-electron chi connectivity index (χ1n) is 9.32. The maximum absolute atomic E-state index is 12.7. The van der Waals surface area contributed by atoms with Crippen LogP contribution in [-0.4, -0.2) is 11.5 Å². The molecule has 1 aliphatic carbocycles. The first-order chi connectivity index (χ1) is 12.5. The number of anilines is 1. The van der Waals surface area contributed by atoms with E-state index in [1.807, 2.05) is 24.5 Å². The van der Waals surface area contributed by atoms with Crippen molar-refractivity contribution in [1.82, 2.24) is 4.98 Å². The number of rotatable bonds is 6. The number of pyridine rings is 1. The van der Waals surface area contributed by atoms with Crippen LogP contribution >= 0.6 is 0 Å². The van der Waals surface area contributed by atoms with Crippen LogP contribution in [0.25, 0.3) is 0 Å². The average molecular weight is 362 g/mol. The smallest absolute Gasteiger partial charge is 0.385 e. The third-order valence-corrected chi connectivity index (χ3v) is 5.34. The second-order valence-corrected chi connectivity index (χ2v) is 7.17. The largest absolute Gasteiger partial charge is 0.416 e. The predicted molar refractivity (Wildman–Crippen MR) is 97.9 cm³/mol. The van der Waals surface area contributed by atoms with Crippen molar-refractivity contribution in [2.24, 2.45) is 11.8 Å². The molecule has 0 unspecified atom stereocenters. The van der Waals surface area contributed by atoms with E-state index in [0.717, 1.165) is 30.8 Å². The minimum Gasteiger partial charge on any atom is -0.385 e. The Morgan fingerprint density at radius 1 is 0.962 bits per heavy atom. The van der Waals surface area contributed by atoms with Gasteiger partial charge in [0.25, 0.3) is 0 Å². The third kappa shape index (κ3) is 5.23. The minimum atomic E-state index is -4.29. The van der Waals surface area contributed by atoms with Gasteiger partial charge in [-0.25, -0.2) is 0 Å². The SMILES string of the molecule is FC(F)(F)c1ccc(NC[C@@H](Cc2ccncc2)C2CCCCC2)cc1. The molecule has 2 nitrogen and oxygen atoms in total. The van der Waals surface area contributed by atoms with E-state index in [2.05, 4.69) is 10.3 Å². The molecule has 1 N–H and O–H groups in total. The Morgan fingerprint density at radius 3 is 2.23 bits per heavy atom. The van der Waals surface area contributed by atoms with Gasteiger partial charge in [-0.05, 0) is 60.2 Å². The van der Waals surface area contributed by atoms with Gasteiger partial charge in [-0.3, -0.25) is 4.98 Å². The fourth-order valence-corrected chi connectivity index (χ4v) is 3.86. The van der Waals surface area contributed by atoms with Gasteiger partial charge >= 0.3 is 6.18 Å². The van der Waals surface area contributed by atoms with E-state index in [1.165, 1.54) is 49.8 Å². The van der Waals surface area contributed by atoms with Crippen LogP contribution in [0.3, 0.4) is 0 Å². The Balaban J connectivity index is 1.65. The number of aromatic nitrogens is 1. The van der Waals surface area contributed by atoms with Crippen molar-refractivity contribution < 1.29 is 13.2 Å². The lowest BCUT2D eigenvalue weighted by atomic mass is 9.77. The van der Waals surface area contributed by atoms with Crippen molar-refractivity contribution in [2.75, 3.05) is 11.9 Å². The van der Waals surface area contributed by atoms with Crippen molar-refractivity contribution in [3.63, 3.8) is 0 Å². The first kappa shape index (κ1) is 18.7. The molecule has 0 radical (unpaired) electrons. The summed E-state index contributed by atoms with van der Waals surface area (Å²) in [4.78, 5) is 4.08. The summed E-state index contributed by atoms with van der Waals surface area (Å²) in [6, 6.07) is 9.42. The summed E-state index contributed by atoms with van der Waals surface area (Å²) >= 11 is 0. The highest BCUT2D eigenvalue weighted by molar-refractivity contribution is 5.45. The number of nitrogens with zero attached hydrogens (tertiary/aromatic N) is 1. The van der Waals surface area contributed by atoms with Crippen LogP contribution in [-0.2, 0) is 12.6 Å². The molecule has 0 aliphatic heterocycles. The number of halogens is 3. The molecule has 1 atom stereocenters. The van der Waals surface area contributed by atoms with E-state index >= 15 is 0 Å². The summed E-state index contributed by atoms with van der Waals surface area (Å²) in [6.07, 6.45) is 6.66. The Morgan fingerprint density at radius 2 is 1.62 bits per heavy atom. The lowest BCUT2D eigenvalue weighted by molar-refractivity contribution is -0.137. The van der Waals surface area contributed by atoms with Gasteiger partial charge in [-0.1, -0.05) is 32.1 Å². The fraction of sp³-hybridized carbons (Fsp3) is 0.476. The number of alkyl halides is 3. The van der Waals surface area contributed by atoms with Gasteiger partial charge in [0.05, 0.1) is 5.56 Å². The Labute approximate surface area is 152 Å².